The second kappa shape index (κ2) is 82.1. The molecule has 0 aliphatic carbocycles. The highest BCUT2D eigenvalue weighted by atomic mass is 16.2. The highest BCUT2D eigenvalue weighted by Gasteiger charge is 2.14. The molecular formula is C65H148N16O7. The number of carbonyl (C=O) groups excluding carboxylic acids is 7. The maximum Gasteiger partial charge on any atom is 0.146 e. The van der Waals surface area contributed by atoms with E-state index in [0.717, 1.165) is 149 Å². The summed E-state index contributed by atoms with van der Waals surface area (Å²) in [6.07, 6.45) is 18.8. The van der Waals surface area contributed by atoms with Crippen LogP contribution in [0.5, 0.6) is 0 Å². The molecule has 0 aromatic heterocycles. The van der Waals surface area contributed by atoms with E-state index in [9.17, 15) is 33.6 Å². The summed E-state index contributed by atoms with van der Waals surface area (Å²) in [5.74, 6) is 1.59. The van der Waals surface area contributed by atoms with Crippen LogP contribution in [0.3, 0.4) is 0 Å². The third kappa shape index (κ3) is 79.1. The molecule has 23 nitrogen and oxygen atoms in total. The average Bonchev–Trinajstić information content (AvgIpc) is 3.51. The molecule has 0 aromatic carbocycles. The Bertz CT molecular complexity index is 1300. The highest BCUT2D eigenvalue weighted by molar-refractivity contribution is 5.83. The SMILES string of the molecule is CC[C@@H](CCCNC)NC.CNCCCC[C@@H](NC)C(C)=O.CNCCC[C@@H](NC)C(C)=O.CNCCC[C@@H](NC)C(C)=O.CNCCC[C@@H](NC)C(C)=O.CNCCC[C@@H](NC)C(C)=O.CNCCC[C@@H](NC)C(C)=O.CNCCC[C@@H](NC)C(C)=O. The van der Waals surface area contributed by atoms with Gasteiger partial charge in [0.05, 0.1) is 42.3 Å². The Kier molecular flexibility index (Phi) is 94.4. The first kappa shape index (κ1) is 101. The van der Waals surface area contributed by atoms with Gasteiger partial charge in [0.2, 0.25) is 0 Å². The van der Waals surface area contributed by atoms with Crippen LogP contribution in [0.4, 0.5) is 0 Å². The molecule has 0 saturated carbocycles. The molecule has 530 valence electrons. The molecule has 0 unspecified atom stereocenters. The quantitative estimate of drug-likeness (QED) is 0.0389. The lowest BCUT2D eigenvalue weighted by molar-refractivity contribution is -0.119. The first-order valence-corrected chi connectivity index (χ1v) is 33.0. The molecule has 0 bridgehead atoms. The standard InChI is InChI=1S/C9H20N2O.6C8H18N2O.C8H20N2/c1-8(12)9(11-3)6-4-5-7-10-2;6*1-7(11)8(10-3)5-4-6-9-2;1-4-8(10-3)6-5-7-9-2/h9-11H,4-7H2,1-3H3;6*8-10H,4-6H2,1-3H3;8-10H,4-7H2,1-3H3/t9-;7*8-/m11111110/s1. The van der Waals surface area contributed by atoms with Gasteiger partial charge in [-0.2, -0.15) is 0 Å². The van der Waals surface area contributed by atoms with E-state index >= 15 is 0 Å². The van der Waals surface area contributed by atoms with Crippen LogP contribution < -0.4 is 85.1 Å². The van der Waals surface area contributed by atoms with Crippen LogP contribution in [0.2, 0.25) is 0 Å². The monoisotopic (exact) mass is 1270 g/mol. The summed E-state index contributed by atoms with van der Waals surface area (Å²) in [4.78, 5) is 76.3. The predicted octanol–water partition coefficient (Wildman–Crippen LogP) is 2.52. The fraction of sp³-hybridized carbons (Fsp3) is 0.892. The van der Waals surface area contributed by atoms with Gasteiger partial charge in [-0.25, -0.2) is 0 Å². The number of likely N-dealkylation sites (N-methyl/N-ethyl adjacent to an activating group) is 7. The van der Waals surface area contributed by atoms with Crippen LogP contribution in [0.15, 0.2) is 0 Å². The molecule has 16 N–H and O–H groups in total. The predicted molar refractivity (Wildman–Crippen MR) is 378 cm³/mol. The highest BCUT2D eigenvalue weighted by Crippen LogP contribution is 2.03. The Morgan fingerprint density at radius 3 is 0.489 bits per heavy atom. The Morgan fingerprint density at radius 2 is 0.364 bits per heavy atom. The van der Waals surface area contributed by atoms with Crippen molar-refractivity contribution in [3.05, 3.63) is 0 Å². The molecule has 0 rings (SSSR count). The van der Waals surface area contributed by atoms with Crippen LogP contribution in [-0.4, -0.2) is 254 Å². The molecule has 0 heterocycles. The maximum absolute atomic E-state index is 11.0. The van der Waals surface area contributed by atoms with Crippen molar-refractivity contribution in [1.29, 1.82) is 0 Å². The topological polar surface area (TPSA) is 312 Å². The first-order valence-electron chi connectivity index (χ1n) is 33.0. The molecule has 0 spiro atoms. The van der Waals surface area contributed by atoms with E-state index in [4.69, 9.17) is 0 Å². The van der Waals surface area contributed by atoms with Crippen molar-refractivity contribution in [3.8, 4) is 0 Å². The lowest BCUT2D eigenvalue weighted by Crippen LogP contribution is -2.32. The maximum atomic E-state index is 11.0. The summed E-state index contributed by atoms with van der Waals surface area (Å²) in [6.45, 7) is 21.7. The van der Waals surface area contributed by atoms with Gasteiger partial charge in [-0.3, -0.25) is 33.6 Å². The minimum Gasteiger partial charge on any atom is -0.320 e. The number of rotatable bonds is 49. The van der Waals surface area contributed by atoms with Crippen molar-refractivity contribution in [2.45, 2.75) is 219 Å². The van der Waals surface area contributed by atoms with Crippen molar-refractivity contribution in [2.24, 2.45) is 0 Å². The van der Waals surface area contributed by atoms with Crippen LogP contribution >= 0.6 is 0 Å². The summed E-state index contributed by atoms with van der Waals surface area (Å²) in [5, 5.41) is 48.7. The van der Waals surface area contributed by atoms with Gasteiger partial charge in [-0.05, 0) is 323 Å². The number of Topliss-reactive ketones (excluding diaryl/α,β-unsaturated/α-hetero) is 7. The van der Waals surface area contributed by atoms with Gasteiger partial charge in [0.25, 0.3) is 0 Å². The van der Waals surface area contributed by atoms with Gasteiger partial charge >= 0.3 is 0 Å². The Morgan fingerprint density at radius 1 is 0.216 bits per heavy atom. The molecular weight excluding hydrogens is 1120 g/mol. The van der Waals surface area contributed by atoms with E-state index in [0.29, 0.717) is 6.04 Å². The van der Waals surface area contributed by atoms with Crippen LogP contribution in [-0.2, 0) is 33.6 Å². The summed E-state index contributed by atoms with van der Waals surface area (Å²) < 4.78 is 0. The van der Waals surface area contributed by atoms with Gasteiger partial charge in [0, 0.05) is 6.04 Å². The van der Waals surface area contributed by atoms with Crippen LogP contribution in [0.1, 0.15) is 171 Å². The molecule has 0 radical (unpaired) electrons. The zero-order chi connectivity index (χ0) is 69.4. The van der Waals surface area contributed by atoms with Crippen molar-refractivity contribution in [3.63, 3.8) is 0 Å². The second-order valence-corrected chi connectivity index (χ2v) is 21.9. The Balaban J connectivity index is -0.000000139. The second-order valence-electron chi connectivity index (χ2n) is 21.9. The van der Waals surface area contributed by atoms with Gasteiger partial charge in [0.15, 0.2) is 0 Å². The summed E-state index contributed by atoms with van der Waals surface area (Å²) in [7, 11) is 30.3. The minimum atomic E-state index is 0.0448. The Labute approximate surface area is 541 Å². The van der Waals surface area contributed by atoms with Crippen molar-refractivity contribution < 1.29 is 33.6 Å². The number of nitrogens with one attached hydrogen (secondary N) is 16. The minimum absolute atomic E-state index is 0.0448. The first-order chi connectivity index (χ1) is 41.9. The van der Waals surface area contributed by atoms with Crippen molar-refractivity contribution >= 4 is 40.5 Å². The summed E-state index contributed by atoms with van der Waals surface area (Å²) in [5.41, 5.74) is 0. The largest absolute Gasteiger partial charge is 0.320 e. The molecule has 8 atom stereocenters. The fourth-order valence-electron chi connectivity index (χ4n) is 8.48. The summed E-state index contributed by atoms with van der Waals surface area (Å²) >= 11 is 0. The van der Waals surface area contributed by atoms with Crippen LogP contribution in [0, 0.1) is 0 Å². The number of carbonyl (C=O) groups is 7. The van der Waals surface area contributed by atoms with E-state index in [2.05, 4.69) is 92.0 Å². The van der Waals surface area contributed by atoms with Crippen molar-refractivity contribution in [2.75, 3.05) is 165 Å². The molecule has 0 amide bonds. The molecule has 23 heteroatoms. The molecule has 0 aliphatic rings. The summed E-state index contributed by atoms with van der Waals surface area (Å²) in [6, 6.07) is 1.04. The van der Waals surface area contributed by atoms with Gasteiger partial charge in [-0.1, -0.05) is 13.3 Å². The third-order valence-corrected chi connectivity index (χ3v) is 14.4. The number of hydrogen-bond acceptors (Lipinski definition) is 23. The molecule has 0 saturated heterocycles. The zero-order valence-electron chi connectivity index (χ0n) is 61.4. The number of unbranched alkanes of at least 4 members (excludes halogenated alkanes) is 1. The normalized spacial score (nSPS) is 13.0. The van der Waals surface area contributed by atoms with Gasteiger partial charge in [-0.15, -0.1) is 0 Å². The van der Waals surface area contributed by atoms with Crippen molar-refractivity contribution in [1.82, 2.24) is 85.1 Å². The molecule has 88 heavy (non-hydrogen) atoms. The zero-order valence-corrected chi connectivity index (χ0v) is 61.4. The van der Waals surface area contributed by atoms with Gasteiger partial charge < -0.3 is 85.1 Å². The van der Waals surface area contributed by atoms with E-state index in [1.807, 2.05) is 113 Å². The van der Waals surface area contributed by atoms with E-state index in [1.54, 1.807) is 48.5 Å². The lowest BCUT2D eigenvalue weighted by atomic mass is 10.1. The van der Waals surface area contributed by atoms with E-state index in [1.165, 1.54) is 19.3 Å². The third-order valence-electron chi connectivity index (χ3n) is 14.4. The Hall–Kier alpha value is -2.95. The van der Waals surface area contributed by atoms with Crippen LogP contribution in [0.25, 0.3) is 0 Å². The average molecular weight is 1270 g/mol. The number of hydrogen-bond donors (Lipinski definition) is 16. The van der Waals surface area contributed by atoms with E-state index < -0.39 is 0 Å². The molecule has 0 aliphatic heterocycles. The molecule has 0 aromatic rings. The van der Waals surface area contributed by atoms with E-state index in [-0.39, 0.29) is 82.8 Å². The number of ketones is 7. The smallest absolute Gasteiger partial charge is 0.146 e. The lowest BCUT2D eigenvalue weighted by Gasteiger charge is -2.12. The molecule has 0 fully saturated rings. The van der Waals surface area contributed by atoms with Gasteiger partial charge in [0.1, 0.15) is 40.5 Å². The fourth-order valence-corrected chi connectivity index (χ4v) is 8.48.